The van der Waals surface area contributed by atoms with E-state index in [4.69, 9.17) is 16.6 Å². The first-order valence-corrected chi connectivity index (χ1v) is 11.9. The first-order chi connectivity index (χ1) is 17.3. The lowest BCUT2D eigenvalue weighted by molar-refractivity contribution is -0.137. The van der Waals surface area contributed by atoms with Gasteiger partial charge in [-0.05, 0) is 35.7 Å². The minimum absolute atomic E-state index is 0.119. The number of hydrogen-bond acceptors (Lipinski definition) is 4. The van der Waals surface area contributed by atoms with Gasteiger partial charge in [-0.1, -0.05) is 80.0 Å². The Hall–Kier alpha value is -4.23. The zero-order valence-corrected chi connectivity index (χ0v) is 20.5. The van der Waals surface area contributed by atoms with E-state index in [-0.39, 0.29) is 5.52 Å². The van der Waals surface area contributed by atoms with Crippen molar-refractivity contribution in [1.29, 1.82) is 0 Å². The SMILES string of the molecule is CC(C)c1ccc(-c2nc3c(-c4ccccc4)nn(CC(=O)O)c3c(=O)n2-c2ccc(Cl)cc2)cc1. The fourth-order valence-electron chi connectivity index (χ4n) is 4.20. The number of halogens is 1. The smallest absolute Gasteiger partial charge is 0.325 e. The van der Waals surface area contributed by atoms with Crippen LogP contribution in [0.4, 0.5) is 0 Å². The van der Waals surface area contributed by atoms with Crippen LogP contribution in [0.15, 0.2) is 83.7 Å². The Morgan fingerprint density at radius 1 is 0.944 bits per heavy atom. The Kier molecular flexibility index (Phi) is 6.16. The molecule has 0 unspecified atom stereocenters. The molecule has 0 atom stereocenters. The van der Waals surface area contributed by atoms with Gasteiger partial charge >= 0.3 is 5.97 Å². The van der Waals surface area contributed by atoms with Crippen molar-refractivity contribution in [3.63, 3.8) is 0 Å². The van der Waals surface area contributed by atoms with Gasteiger partial charge in [-0.3, -0.25) is 14.2 Å². The predicted octanol–water partition coefficient (Wildman–Crippen LogP) is 5.78. The molecular formula is C28H23ClN4O3. The summed E-state index contributed by atoms with van der Waals surface area (Å²) in [5.74, 6) is -0.325. The minimum Gasteiger partial charge on any atom is -0.480 e. The number of carbonyl (C=O) groups is 1. The van der Waals surface area contributed by atoms with Crippen LogP contribution < -0.4 is 5.56 Å². The van der Waals surface area contributed by atoms with E-state index in [9.17, 15) is 14.7 Å². The highest BCUT2D eigenvalue weighted by molar-refractivity contribution is 6.30. The highest BCUT2D eigenvalue weighted by Crippen LogP contribution is 2.30. The van der Waals surface area contributed by atoms with Crippen molar-refractivity contribution in [3.05, 3.63) is 99.8 Å². The number of fused-ring (bicyclic) bond motifs is 1. The zero-order valence-electron chi connectivity index (χ0n) is 19.7. The third kappa shape index (κ3) is 4.29. The molecule has 180 valence electrons. The van der Waals surface area contributed by atoms with Crippen molar-refractivity contribution >= 4 is 28.6 Å². The molecular weight excluding hydrogens is 476 g/mol. The molecule has 0 aliphatic carbocycles. The fourth-order valence-corrected chi connectivity index (χ4v) is 4.33. The average Bonchev–Trinajstić information content (AvgIpc) is 3.23. The normalized spacial score (nSPS) is 11.3. The molecule has 0 fully saturated rings. The van der Waals surface area contributed by atoms with E-state index in [1.54, 1.807) is 24.3 Å². The molecule has 0 aliphatic heterocycles. The Bertz CT molecular complexity index is 1620. The number of hydrogen-bond donors (Lipinski definition) is 1. The fraction of sp³-hybridized carbons (Fsp3) is 0.143. The average molecular weight is 499 g/mol. The third-order valence-electron chi connectivity index (χ3n) is 6.02. The maximum atomic E-state index is 14.1. The molecule has 0 saturated heterocycles. The second-order valence-corrected chi connectivity index (χ2v) is 9.23. The number of aliphatic carboxylic acids is 1. The number of carboxylic acid groups (broad SMARTS) is 1. The molecule has 36 heavy (non-hydrogen) atoms. The Morgan fingerprint density at radius 3 is 2.22 bits per heavy atom. The summed E-state index contributed by atoms with van der Waals surface area (Å²) in [6, 6.07) is 24.1. The van der Waals surface area contributed by atoms with Crippen LogP contribution in [0.2, 0.25) is 5.02 Å². The molecule has 1 N–H and O–H groups in total. The largest absolute Gasteiger partial charge is 0.480 e. The summed E-state index contributed by atoms with van der Waals surface area (Å²) in [5.41, 5.74) is 3.72. The topological polar surface area (TPSA) is 90.0 Å². The van der Waals surface area contributed by atoms with Gasteiger partial charge in [0.25, 0.3) is 5.56 Å². The van der Waals surface area contributed by atoms with E-state index < -0.39 is 18.1 Å². The van der Waals surface area contributed by atoms with Gasteiger partial charge in [-0.15, -0.1) is 0 Å². The molecule has 0 spiro atoms. The van der Waals surface area contributed by atoms with Crippen molar-refractivity contribution in [2.24, 2.45) is 0 Å². The van der Waals surface area contributed by atoms with Gasteiger partial charge in [0.2, 0.25) is 0 Å². The lowest BCUT2D eigenvalue weighted by Gasteiger charge is -2.14. The summed E-state index contributed by atoms with van der Waals surface area (Å²) in [7, 11) is 0. The molecule has 3 aromatic carbocycles. The van der Waals surface area contributed by atoms with E-state index in [2.05, 4.69) is 18.9 Å². The monoisotopic (exact) mass is 498 g/mol. The Balaban J connectivity index is 1.87. The van der Waals surface area contributed by atoms with Crippen LogP contribution in [-0.4, -0.2) is 30.4 Å². The summed E-state index contributed by atoms with van der Waals surface area (Å²) < 4.78 is 2.70. The molecule has 2 aromatic heterocycles. The quantitative estimate of drug-likeness (QED) is 0.320. The summed E-state index contributed by atoms with van der Waals surface area (Å²) >= 11 is 6.11. The molecule has 2 heterocycles. The lowest BCUT2D eigenvalue weighted by atomic mass is 10.0. The van der Waals surface area contributed by atoms with Gasteiger partial charge in [0.15, 0.2) is 5.52 Å². The molecule has 0 aliphatic rings. The second-order valence-electron chi connectivity index (χ2n) is 8.79. The van der Waals surface area contributed by atoms with Crippen LogP contribution in [-0.2, 0) is 11.3 Å². The minimum atomic E-state index is -1.11. The number of rotatable bonds is 6. The molecule has 0 amide bonds. The summed E-state index contributed by atoms with van der Waals surface area (Å²) in [6.45, 7) is 3.77. The van der Waals surface area contributed by atoms with Crippen LogP contribution in [0.25, 0.3) is 39.4 Å². The van der Waals surface area contributed by atoms with E-state index >= 15 is 0 Å². The van der Waals surface area contributed by atoms with Crippen LogP contribution in [0, 0.1) is 0 Å². The molecule has 5 rings (SSSR count). The summed E-state index contributed by atoms with van der Waals surface area (Å²) in [6.07, 6.45) is 0. The van der Waals surface area contributed by atoms with Crippen LogP contribution in [0.5, 0.6) is 0 Å². The van der Waals surface area contributed by atoms with Crippen molar-refractivity contribution in [2.75, 3.05) is 0 Å². The number of nitrogens with zero attached hydrogens (tertiary/aromatic N) is 4. The van der Waals surface area contributed by atoms with Gasteiger partial charge in [0, 0.05) is 16.1 Å². The summed E-state index contributed by atoms with van der Waals surface area (Å²) in [4.78, 5) is 30.6. The first kappa shape index (κ1) is 23.5. The maximum absolute atomic E-state index is 14.1. The van der Waals surface area contributed by atoms with E-state index in [0.717, 1.165) is 11.1 Å². The van der Waals surface area contributed by atoms with Crippen molar-refractivity contribution < 1.29 is 9.90 Å². The maximum Gasteiger partial charge on any atom is 0.325 e. The lowest BCUT2D eigenvalue weighted by Crippen LogP contribution is -2.25. The number of aromatic nitrogens is 4. The van der Waals surface area contributed by atoms with Gasteiger partial charge in [-0.2, -0.15) is 5.10 Å². The molecule has 0 bridgehead atoms. The molecule has 0 radical (unpaired) electrons. The van der Waals surface area contributed by atoms with Gasteiger partial charge in [0.1, 0.15) is 23.6 Å². The third-order valence-corrected chi connectivity index (χ3v) is 6.27. The van der Waals surface area contributed by atoms with Gasteiger partial charge in [0.05, 0.1) is 5.69 Å². The Labute approximate surface area is 212 Å². The molecule has 5 aromatic rings. The second kappa shape index (κ2) is 9.43. The molecule has 8 heteroatoms. The van der Waals surface area contributed by atoms with Crippen LogP contribution >= 0.6 is 11.6 Å². The van der Waals surface area contributed by atoms with E-state index in [0.29, 0.717) is 33.7 Å². The number of benzene rings is 3. The van der Waals surface area contributed by atoms with Gasteiger partial charge < -0.3 is 5.11 Å². The standard InChI is InChI=1S/C28H23ClN4O3/c1-17(2)18-8-10-20(11-9-18)27-30-25-24(19-6-4-3-5-7-19)31-32(16-23(34)35)26(25)28(36)33(27)22-14-12-21(29)13-15-22/h3-15,17H,16H2,1-2H3,(H,34,35). The number of carboxylic acids is 1. The highest BCUT2D eigenvalue weighted by Gasteiger charge is 2.23. The zero-order chi connectivity index (χ0) is 25.4. The van der Waals surface area contributed by atoms with Gasteiger partial charge in [-0.25, -0.2) is 9.67 Å². The van der Waals surface area contributed by atoms with E-state index in [1.165, 1.54) is 14.8 Å². The first-order valence-electron chi connectivity index (χ1n) is 11.5. The molecule has 0 saturated carbocycles. The molecule has 7 nitrogen and oxygen atoms in total. The highest BCUT2D eigenvalue weighted by atomic mass is 35.5. The van der Waals surface area contributed by atoms with Crippen LogP contribution in [0.3, 0.4) is 0 Å². The van der Waals surface area contributed by atoms with Crippen LogP contribution in [0.1, 0.15) is 25.3 Å². The van der Waals surface area contributed by atoms with Crippen molar-refractivity contribution in [3.8, 4) is 28.3 Å². The van der Waals surface area contributed by atoms with Crippen molar-refractivity contribution in [2.45, 2.75) is 26.3 Å². The van der Waals surface area contributed by atoms with Crippen molar-refractivity contribution in [1.82, 2.24) is 19.3 Å². The Morgan fingerprint density at radius 2 is 1.61 bits per heavy atom. The predicted molar refractivity (Wildman–Crippen MR) is 141 cm³/mol. The summed E-state index contributed by atoms with van der Waals surface area (Å²) in [5, 5.41) is 14.6. The van der Waals surface area contributed by atoms with E-state index in [1.807, 2.05) is 54.6 Å².